The summed E-state index contributed by atoms with van der Waals surface area (Å²) in [6, 6.07) is 0.608. The zero-order valence-corrected chi connectivity index (χ0v) is 16.0. The summed E-state index contributed by atoms with van der Waals surface area (Å²) in [4.78, 5) is 14.2. The first-order valence-electron chi connectivity index (χ1n) is 7.22. The number of hydrogen-bond donors (Lipinski definition) is 2. The third-order valence-electron chi connectivity index (χ3n) is 3.14. The van der Waals surface area contributed by atoms with Crippen LogP contribution in [0.25, 0.3) is 0 Å². The van der Waals surface area contributed by atoms with Crippen LogP contribution in [-0.4, -0.2) is 61.6 Å². The molecule has 1 fully saturated rings. The standard InChI is InChI=1S/C14H29N3OS.2ClH/c1-11(2)7-12(9-17(3)4)16-14(18)8-13-10-19-6-5-15-13;;/h11-13,15H,5-10H2,1-4H3,(H,16,18);2*1H. The van der Waals surface area contributed by atoms with Crippen LogP contribution in [-0.2, 0) is 4.79 Å². The van der Waals surface area contributed by atoms with E-state index in [1.54, 1.807) is 0 Å². The van der Waals surface area contributed by atoms with Gasteiger partial charge in [-0.15, -0.1) is 24.8 Å². The molecule has 0 aromatic carbocycles. The Kier molecular flexibility index (Phi) is 14.4. The van der Waals surface area contributed by atoms with Gasteiger partial charge < -0.3 is 15.5 Å². The van der Waals surface area contributed by atoms with E-state index < -0.39 is 0 Å². The molecular weight excluding hydrogens is 329 g/mol. The predicted molar refractivity (Wildman–Crippen MR) is 98.2 cm³/mol. The molecule has 2 unspecified atom stereocenters. The highest BCUT2D eigenvalue weighted by molar-refractivity contribution is 7.99. The minimum atomic E-state index is 0. The Balaban J connectivity index is 0. The zero-order chi connectivity index (χ0) is 14.3. The summed E-state index contributed by atoms with van der Waals surface area (Å²) in [5, 5.41) is 6.61. The van der Waals surface area contributed by atoms with Crippen molar-refractivity contribution in [3.8, 4) is 0 Å². The molecule has 128 valence electrons. The molecule has 1 aliphatic heterocycles. The number of carbonyl (C=O) groups is 1. The molecule has 7 heteroatoms. The fourth-order valence-corrected chi connectivity index (χ4v) is 3.40. The molecular formula is C14H31Cl2N3OS. The van der Waals surface area contributed by atoms with Gasteiger partial charge in [0.15, 0.2) is 0 Å². The zero-order valence-electron chi connectivity index (χ0n) is 13.6. The molecule has 4 nitrogen and oxygen atoms in total. The van der Waals surface area contributed by atoms with Gasteiger partial charge in [-0.25, -0.2) is 0 Å². The first kappa shape index (κ1) is 23.6. The number of nitrogens with zero attached hydrogens (tertiary/aromatic N) is 1. The molecule has 0 radical (unpaired) electrons. The fraction of sp³-hybridized carbons (Fsp3) is 0.929. The molecule has 1 saturated heterocycles. The lowest BCUT2D eigenvalue weighted by molar-refractivity contribution is -0.122. The Morgan fingerprint density at radius 1 is 1.38 bits per heavy atom. The maximum atomic E-state index is 12.1. The van der Waals surface area contributed by atoms with Crippen LogP contribution >= 0.6 is 36.6 Å². The lowest BCUT2D eigenvalue weighted by atomic mass is 10.0. The van der Waals surface area contributed by atoms with Crippen LogP contribution in [0, 0.1) is 5.92 Å². The van der Waals surface area contributed by atoms with E-state index in [-0.39, 0.29) is 36.8 Å². The first-order valence-corrected chi connectivity index (χ1v) is 8.38. The van der Waals surface area contributed by atoms with Gasteiger partial charge in [0.1, 0.15) is 0 Å². The summed E-state index contributed by atoms with van der Waals surface area (Å²) in [7, 11) is 4.11. The van der Waals surface area contributed by atoms with Gasteiger partial charge in [0, 0.05) is 43.1 Å². The number of hydrogen-bond acceptors (Lipinski definition) is 4. The molecule has 0 spiro atoms. The van der Waals surface area contributed by atoms with E-state index in [0.29, 0.717) is 18.4 Å². The smallest absolute Gasteiger partial charge is 0.221 e. The minimum absolute atomic E-state index is 0. The van der Waals surface area contributed by atoms with Crippen molar-refractivity contribution < 1.29 is 4.79 Å². The number of rotatable bonds is 7. The molecule has 1 aliphatic rings. The second kappa shape index (κ2) is 12.8. The summed E-state index contributed by atoms with van der Waals surface area (Å²) < 4.78 is 0. The largest absolute Gasteiger partial charge is 0.352 e. The van der Waals surface area contributed by atoms with Crippen LogP contribution < -0.4 is 10.6 Å². The van der Waals surface area contributed by atoms with Crippen molar-refractivity contribution in [3.63, 3.8) is 0 Å². The molecule has 0 aromatic rings. The molecule has 0 aromatic heterocycles. The van der Waals surface area contributed by atoms with E-state index in [0.717, 1.165) is 31.0 Å². The third kappa shape index (κ3) is 11.5. The van der Waals surface area contributed by atoms with Crippen LogP contribution in [0.1, 0.15) is 26.7 Å². The molecule has 21 heavy (non-hydrogen) atoms. The van der Waals surface area contributed by atoms with Gasteiger partial charge in [-0.05, 0) is 26.4 Å². The first-order chi connectivity index (χ1) is 8.97. The second-order valence-electron chi connectivity index (χ2n) is 6.09. The third-order valence-corrected chi connectivity index (χ3v) is 4.27. The fourth-order valence-electron chi connectivity index (χ4n) is 2.45. The van der Waals surface area contributed by atoms with Gasteiger partial charge in [-0.2, -0.15) is 11.8 Å². The summed E-state index contributed by atoms with van der Waals surface area (Å²) in [6.45, 7) is 6.34. The Morgan fingerprint density at radius 3 is 2.52 bits per heavy atom. The molecule has 1 rings (SSSR count). The van der Waals surface area contributed by atoms with Crippen molar-refractivity contribution in [2.24, 2.45) is 5.92 Å². The highest BCUT2D eigenvalue weighted by atomic mass is 35.5. The quantitative estimate of drug-likeness (QED) is 0.729. The van der Waals surface area contributed by atoms with E-state index in [1.807, 2.05) is 11.8 Å². The van der Waals surface area contributed by atoms with Crippen molar-refractivity contribution >= 4 is 42.5 Å². The van der Waals surface area contributed by atoms with E-state index >= 15 is 0 Å². The number of amides is 1. The summed E-state index contributed by atoms with van der Waals surface area (Å²) in [6.07, 6.45) is 1.64. The van der Waals surface area contributed by atoms with Crippen molar-refractivity contribution in [1.29, 1.82) is 0 Å². The molecule has 0 saturated carbocycles. The molecule has 1 amide bonds. The topological polar surface area (TPSA) is 44.4 Å². The molecule has 1 heterocycles. The van der Waals surface area contributed by atoms with Crippen LogP contribution in [0.2, 0.25) is 0 Å². The van der Waals surface area contributed by atoms with Crippen molar-refractivity contribution in [2.45, 2.75) is 38.8 Å². The van der Waals surface area contributed by atoms with Gasteiger partial charge in [-0.3, -0.25) is 4.79 Å². The van der Waals surface area contributed by atoms with Crippen molar-refractivity contribution in [2.75, 3.05) is 38.7 Å². The van der Waals surface area contributed by atoms with E-state index in [2.05, 4.69) is 43.5 Å². The highest BCUT2D eigenvalue weighted by Crippen LogP contribution is 2.11. The summed E-state index contributed by atoms with van der Waals surface area (Å²) in [5.74, 6) is 3.01. The van der Waals surface area contributed by atoms with Gasteiger partial charge in [0.25, 0.3) is 0 Å². The number of thioether (sulfide) groups is 1. The average molecular weight is 360 g/mol. The molecule has 0 aliphatic carbocycles. The van der Waals surface area contributed by atoms with E-state index in [1.165, 1.54) is 0 Å². The Bertz CT molecular complexity index is 265. The minimum Gasteiger partial charge on any atom is -0.352 e. The summed E-state index contributed by atoms with van der Waals surface area (Å²) in [5.41, 5.74) is 0. The lowest BCUT2D eigenvalue weighted by Crippen LogP contribution is -2.46. The monoisotopic (exact) mass is 359 g/mol. The second-order valence-corrected chi connectivity index (χ2v) is 7.24. The maximum absolute atomic E-state index is 12.1. The van der Waals surface area contributed by atoms with Crippen LogP contribution in [0.4, 0.5) is 0 Å². The molecule has 2 N–H and O–H groups in total. The van der Waals surface area contributed by atoms with E-state index in [9.17, 15) is 4.79 Å². The van der Waals surface area contributed by atoms with Crippen LogP contribution in [0.15, 0.2) is 0 Å². The van der Waals surface area contributed by atoms with Crippen molar-refractivity contribution in [1.82, 2.24) is 15.5 Å². The van der Waals surface area contributed by atoms with Crippen molar-refractivity contribution in [3.05, 3.63) is 0 Å². The number of carbonyl (C=O) groups excluding carboxylic acids is 1. The van der Waals surface area contributed by atoms with Gasteiger partial charge >= 0.3 is 0 Å². The number of halogens is 2. The molecule has 0 bridgehead atoms. The number of nitrogens with one attached hydrogen (secondary N) is 2. The number of likely N-dealkylation sites (N-methyl/N-ethyl adjacent to an activating group) is 1. The average Bonchev–Trinajstić information content (AvgIpc) is 2.27. The SMILES string of the molecule is CC(C)CC(CN(C)C)NC(=O)CC1CSCCN1.Cl.Cl. The van der Waals surface area contributed by atoms with E-state index in [4.69, 9.17) is 0 Å². The Morgan fingerprint density at radius 2 is 2.05 bits per heavy atom. The lowest BCUT2D eigenvalue weighted by Gasteiger charge is -2.26. The Labute approximate surface area is 146 Å². The van der Waals surface area contributed by atoms with Crippen LogP contribution in [0.5, 0.6) is 0 Å². The van der Waals surface area contributed by atoms with Gasteiger partial charge in [0.05, 0.1) is 0 Å². The maximum Gasteiger partial charge on any atom is 0.221 e. The summed E-state index contributed by atoms with van der Waals surface area (Å²) >= 11 is 1.93. The van der Waals surface area contributed by atoms with Crippen LogP contribution in [0.3, 0.4) is 0 Å². The van der Waals surface area contributed by atoms with Gasteiger partial charge in [0.2, 0.25) is 5.91 Å². The Hall–Kier alpha value is 0.320. The predicted octanol–water partition coefficient (Wildman–Crippen LogP) is 2.02. The normalized spacial score (nSPS) is 19.6. The van der Waals surface area contributed by atoms with Gasteiger partial charge in [-0.1, -0.05) is 13.8 Å². The molecule has 2 atom stereocenters. The highest BCUT2D eigenvalue weighted by Gasteiger charge is 2.19.